The van der Waals surface area contributed by atoms with Gasteiger partial charge in [-0.05, 0) is 56.1 Å². The lowest BCUT2D eigenvalue weighted by molar-refractivity contribution is 0.236. The van der Waals surface area contributed by atoms with Crippen LogP contribution in [0.3, 0.4) is 0 Å². The number of aromatic nitrogens is 1. The van der Waals surface area contributed by atoms with Crippen LogP contribution in [0.4, 0.5) is 0 Å². The Hall–Kier alpha value is -2.11. The molecule has 5 nitrogen and oxygen atoms in total. The summed E-state index contributed by atoms with van der Waals surface area (Å²) in [5.74, 6) is 1.56. The maximum absolute atomic E-state index is 5.81. The fraction of sp³-hybridized carbons (Fsp3) is 0.476. The number of nitrogens with zero attached hydrogens (tertiary/aromatic N) is 2. The molecular formula is C21H29N3O2. The fourth-order valence-corrected chi connectivity index (χ4v) is 3.47. The lowest BCUT2D eigenvalue weighted by atomic mass is 9.99. The van der Waals surface area contributed by atoms with Crippen molar-refractivity contribution in [1.29, 1.82) is 0 Å². The average molecular weight is 355 g/mol. The second-order valence-corrected chi connectivity index (χ2v) is 6.65. The Balaban J connectivity index is 2.01. The van der Waals surface area contributed by atoms with Crippen LogP contribution in [-0.4, -0.2) is 49.8 Å². The molecule has 0 bridgehead atoms. The maximum atomic E-state index is 5.81. The van der Waals surface area contributed by atoms with Crippen molar-refractivity contribution in [1.82, 2.24) is 15.2 Å². The molecule has 5 heteroatoms. The number of benzene rings is 1. The molecule has 1 N–H and O–H groups in total. The first-order chi connectivity index (χ1) is 12.7. The Morgan fingerprint density at radius 1 is 1.15 bits per heavy atom. The number of hydrogen-bond acceptors (Lipinski definition) is 5. The second-order valence-electron chi connectivity index (χ2n) is 6.65. The summed E-state index contributed by atoms with van der Waals surface area (Å²) in [5.41, 5.74) is 3.44. The highest BCUT2D eigenvalue weighted by atomic mass is 16.5. The zero-order chi connectivity index (χ0) is 18.4. The van der Waals surface area contributed by atoms with E-state index < -0.39 is 0 Å². The van der Waals surface area contributed by atoms with Gasteiger partial charge in [0, 0.05) is 25.8 Å². The lowest BCUT2D eigenvalue weighted by Crippen LogP contribution is -2.33. The van der Waals surface area contributed by atoms with Gasteiger partial charge in [0.15, 0.2) is 11.5 Å². The van der Waals surface area contributed by atoms with E-state index in [9.17, 15) is 0 Å². The molecule has 1 aromatic carbocycles. The van der Waals surface area contributed by atoms with E-state index in [4.69, 9.17) is 14.5 Å². The van der Waals surface area contributed by atoms with Crippen molar-refractivity contribution in [2.24, 2.45) is 0 Å². The molecule has 1 saturated heterocycles. The van der Waals surface area contributed by atoms with Gasteiger partial charge in [0.1, 0.15) is 0 Å². The number of nitrogens with one attached hydrogen (secondary N) is 1. The van der Waals surface area contributed by atoms with Crippen molar-refractivity contribution in [3.05, 3.63) is 53.3 Å². The zero-order valence-electron chi connectivity index (χ0n) is 16.0. The van der Waals surface area contributed by atoms with E-state index in [2.05, 4.69) is 41.4 Å². The first kappa shape index (κ1) is 18.7. The van der Waals surface area contributed by atoms with Gasteiger partial charge in [0.25, 0.3) is 0 Å². The smallest absolute Gasteiger partial charge is 0.161 e. The minimum absolute atomic E-state index is 0.112. The van der Waals surface area contributed by atoms with Crippen LogP contribution in [0, 0.1) is 6.92 Å². The minimum atomic E-state index is 0.112. The molecule has 1 atom stereocenters. The van der Waals surface area contributed by atoms with Gasteiger partial charge in [-0.15, -0.1) is 0 Å². The van der Waals surface area contributed by atoms with E-state index in [1.807, 2.05) is 19.2 Å². The van der Waals surface area contributed by atoms with Gasteiger partial charge in [-0.2, -0.15) is 0 Å². The summed E-state index contributed by atoms with van der Waals surface area (Å²) < 4.78 is 11.3. The van der Waals surface area contributed by atoms with Crippen molar-refractivity contribution in [2.75, 3.05) is 39.9 Å². The Bertz CT molecular complexity index is 695. The lowest BCUT2D eigenvalue weighted by Gasteiger charge is -2.31. The Morgan fingerprint density at radius 3 is 2.77 bits per heavy atom. The van der Waals surface area contributed by atoms with Gasteiger partial charge in [-0.1, -0.05) is 12.1 Å². The quantitative estimate of drug-likeness (QED) is 0.862. The van der Waals surface area contributed by atoms with Crippen molar-refractivity contribution in [3.8, 4) is 11.5 Å². The highest BCUT2D eigenvalue weighted by Crippen LogP contribution is 2.35. The van der Waals surface area contributed by atoms with Crippen molar-refractivity contribution >= 4 is 0 Å². The molecule has 0 spiro atoms. The van der Waals surface area contributed by atoms with E-state index in [1.165, 1.54) is 11.1 Å². The van der Waals surface area contributed by atoms with Gasteiger partial charge in [0.05, 0.1) is 25.5 Å². The second kappa shape index (κ2) is 9.01. The fourth-order valence-electron chi connectivity index (χ4n) is 3.47. The molecule has 140 valence electrons. The molecule has 1 aliphatic rings. The molecule has 2 aromatic rings. The summed E-state index contributed by atoms with van der Waals surface area (Å²) in [4.78, 5) is 7.25. The number of hydrogen-bond donors (Lipinski definition) is 1. The van der Waals surface area contributed by atoms with Crippen LogP contribution < -0.4 is 14.8 Å². The topological polar surface area (TPSA) is 46.6 Å². The molecule has 1 fully saturated rings. The molecular weight excluding hydrogens is 326 g/mol. The van der Waals surface area contributed by atoms with Crippen LogP contribution in [0.1, 0.15) is 36.2 Å². The largest absolute Gasteiger partial charge is 0.493 e. The standard InChI is InChI=1S/C21H29N3O2/c1-4-26-20-14-17(7-9-19(20)25-3)21(18-8-6-16(2)15-23-18)24-12-5-10-22-11-13-24/h6-9,14-15,21-22H,4-5,10-13H2,1-3H3. The Morgan fingerprint density at radius 2 is 2.04 bits per heavy atom. The highest BCUT2D eigenvalue weighted by molar-refractivity contribution is 5.45. The van der Waals surface area contributed by atoms with Crippen LogP contribution >= 0.6 is 0 Å². The monoisotopic (exact) mass is 355 g/mol. The Kier molecular flexibility index (Phi) is 6.47. The third kappa shape index (κ3) is 4.34. The van der Waals surface area contributed by atoms with Crippen LogP contribution in [0.5, 0.6) is 11.5 Å². The zero-order valence-corrected chi connectivity index (χ0v) is 16.0. The SMILES string of the molecule is CCOc1cc(C(c2ccc(C)cn2)N2CCCNCC2)ccc1OC. The van der Waals surface area contributed by atoms with Crippen molar-refractivity contribution < 1.29 is 9.47 Å². The summed E-state index contributed by atoms with van der Waals surface area (Å²) in [6, 6.07) is 10.6. The molecule has 0 saturated carbocycles. The molecule has 2 heterocycles. The van der Waals surface area contributed by atoms with Gasteiger partial charge in [-0.25, -0.2) is 0 Å². The summed E-state index contributed by atoms with van der Waals surface area (Å²) in [7, 11) is 1.68. The summed E-state index contributed by atoms with van der Waals surface area (Å²) >= 11 is 0. The van der Waals surface area contributed by atoms with Crippen molar-refractivity contribution in [2.45, 2.75) is 26.3 Å². The predicted molar refractivity (Wildman–Crippen MR) is 104 cm³/mol. The molecule has 0 radical (unpaired) electrons. The van der Waals surface area contributed by atoms with E-state index in [1.54, 1.807) is 7.11 Å². The molecule has 1 aliphatic heterocycles. The van der Waals surface area contributed by atoms with Crippen LogP contribution in [0.15, 0.2) is 36.5 Å². The van der Waals surface area contributed by atoms with Crippen LogP contribution in [-0.2, 0) is 0 Å². The van der Waals surface area contributed by atoms with E-state index in [-0.39, 0.29) is 6.04 Å². The molecule has 1 unspecified atom stereocenters. The van der Waals surface area contributed by atoms with Gasteiger partial charge in [0.2, 0.25) is 0 Å². The summed E-state index contributed by atoms with van der Waals surface area (Å²) in [6.45, 7) is 8.78. The number of aryl methyl sites for hydroxylation is 1. The first-order valence-electron chi connectivity index (χ1n) is 9.41. The Labute approximate surface area is 156 Å². The van der Waals surface area contributed by atoms with Gasteiger partial charge >= 0.3 is 0 Å². The van der Waals surface area contributed by atoms with E-state index in [0.29, 0.717) is 6.61 Å². The van der Waals surface area contributed by atoms with Gasteiger partial charge < -0.3 is 14.8 Å². The van der Waals surface area contributed by atoms with Crippen molar-refractivity contribution in [3.63, 3.8) is 0 Å². The normalized spacial score (nSPS) is 16.7. The predicted octanol–water partition coefficient (Wildman–Crippen LogP) is 3.18. The molecule has 1 aromatic heterocycles. The highest BCUT2D eigenvalue weighted by Gasteiger charge is 2.25. The van der Waals surface area contributed by atoms with Crippen LogP contribution in [0.2, 0.25) is 0 Å². The number of rotatable bonds is 6. The first-order valence-corrected chi connectivity index (χ1v) is 9.41. The molecule has 0 amide bonds. The van der Waals surface area contributed by atoms with E-state index in [0.717, 1.165) is 49.8 Å². The average Bonchev–Trinajstić information content (AvgIpc) is 2.93. The third-order valence-corrected chi connectivity index (χ3v) is 4.76. The number of ether oxygens (including phenoxy) is 2. The third-order valence-electron chi connectivity index (χ3n) is 4.76. The number of pyridine rings is 1. The van der Waals surface area contributed by atoms with E-state index >= 15 is 0 Å². The van der Waals surface area contributed by atoms with Gasteiger partial charge in [-0.3, -0.25) is 9.88 Å². The number of methoxy groups -OCH3 is 1. The minimum Gasteiger partial charge on any atom is -0.493 e. The molecule has 3 rings (SSSR count). The molecule has 26 heavy (non-hydrogen) atoms. The van der Waals surface area contributed by atoms with Crippen LogP contribution in [0.25, 0.3) is 0 Å². The summed E-state index contributed by atoms with van der Waals surface area (Å²) in [6.07, 6.45) is 3.09. The summed E-state index contributed by atoms with van der Waals surface area (Å²) in [5, 5.41) is 3.49. The molecule has 0 aliphatic carbocycles. The maximum Gasteiger partial charge on any atom is 0.161 e.